The van der Waals surface area contributed by atoms with Crippen LogP contribution in [0.4, 0.5) is 18.9 Å². The number of nitrogens with zero attached hydrogens (tertiary/aromatic N) is 5. The van der Waals surface area contributed by atoms with Crippen LogP contribution in [0.25, 0.3) is 5.69 Å². The summed E-state index contributed by atoms with van der Waals surface area (Å²) in [5, 5.41) is 22.4. The van der Waals surface area contributed by atoms with Gasteiger partial charge in [-0.2, -0.15) is 15.3 Å². The van der Waals surface area contributed by atoms with Crippen molar-refractivity contribution in [1.29, 1.82) is 0 Å². The highest BCUT2D eigenvalue weighted by molar-refractivity contribution is 6.33. The molecule has 1 saturated heterocycles. The van der Waals surface area contributed by atoms with Crippen molar-refractivity contribution in [2.75, 3.05) is 11.4 Å². The Morgan fingerprint density at radius 2 is 1.90 bits per heavy atom. The average Bonchev–Trinajstić information content (AvgIpc) is 3.20. The predicted molar refractivity (Wildman–Crippen MR) is 96.1 cm³/mol. The van der Waals surface area contributed by atoms with Gasteiger partial charge < -0.3 is 10.0 Å². The largest absolute Gasteiger partial charge is 0.380 e. The third kappa shape index (κ3) is 3.34. The molecule has 0 aliphatic carbocycles. The van der Waals surface area contributed by atoms with Gasteiger partial charge in [-0.3, -0.25) is 4.79 Å². The van der Waals surface area contributed by atoms with Gasteiger partial charge in [-0.05, 0) is 23.8 Å². The van der Waals surface area contributed by atoms with Crippen LogP contribution >= 0.6 is 11.6 Å². The third-order valence-electron chi connectivity index (χ3n) is 4.73. The summed E-state index contributed by atoms with van der Waals surface area (Å²) in [6, 6.07) is 3.14. The molecule has 150 valence electrons. The Labute approximate surface area is 167 Å². The van der Waals surface area contributed by atoms with Gasteiger partial charge >= 0.3 is 0 Å². The monoisotopic (exact) mass is 423 g/mol. The first-order chi connectivity index (χ1) is 13.8. The van der Waals surface area contributed by atoms with Crippen LogP contribution in [0.15, 0.2) is 36.8 Å². The second kappa shape index (κ2) is 7.12. The molecule has 1 unspecified atom stereocenters. The van der Waals surface area contributed by atoms with Crippen molar-refractivity contribution >= 4 is 23.2 Å². The number of rotatable bonds is 4. The second-order valence-corrected chi connectivity index (χ2v) is 6.98. The lowest BCUT2D eigenvalue weighted by molar-refractivity contribution is -0.133. The molecule has 7 nitrogen and oxygen atoms in total. The Morgan fingerprint density at radius 3 is 2.55 bits per heavy atom. The van der Waals surface area contributed by atoms with E-state index in [0.717, 1.165) is 12.1 Å². The van der Waals surface area contributed by atoms with Crippen LogP contribution in [0.2, 0.25) is 5.15 Å². The number of benzene rings is 1. The molecule has 2 aromatic heterocycles. The van der Waals surface area contributed by atoms with Crippen molar-refractivity contribution in [2.45, 2.75) is 18.4 Å². The van der Waals surface area contributed by atoms with Crippen molar-refractivity contribution in [2.24, 2.45) is 0 Å². The van der Waals surface area contributed by atoms with Crippen LogP contribution in [-0.2, 0) is 11.2 Å². The summed E-state index contributed by atoms with van der Waals surface area (Å²) in [5.74, 6) is -5.08. The number of carbonyl (C=O) groups excluding carboxylic acids is 1. The standard InChI is InChI=1S/C18H13ClF3N5O2/c19-16-14(9-25-27(16)11-1-3-23-24-8-11)26-4-2-18(29,17(26)28)7-10-5-12(20)15(22)13(21)6-10/h1,3,5-6,8-9,29H,2,4,7H2. The fourth-order valence-corrected chi connectivity index (χ4v) is 3.59. The quantitative estimate of drug-likeness (QED) is 0.652. The van der Waals surface area contributed by atoms with E-state index in [1.807, 2.05) is 0 Å². The number of aromatic nitrogens is 4. The Bertz CT molecular complexity index is 1070. The zero-order valence-corrected chi connectivity index (χ0v) is 15.4. The van der Waals surface area contributed by atoms with Crippen LogP contribution in [0.5, 0.6) is 0 Å². The highest BCUT2D eigenvalue weighted by atomic mass is 35.5. The molecule has 3 heterocycles. The number of hydrogen-bond acceptors (Lipinski definition) is 5. The number of aliphatic hydroxyl groups is 1. The van der Waals surface area contributed by atoms with Crippen LogP contribution in [0.1, 0.15) is 12.0 Å². The highest BCUT2D eigenvalue weighted by Crippen LogP contribution is 2.35. The fraction of sp³-hybridized carbons (Fsp3) is 0.222. The molecule has 4 rings (SSSR count). The van der Waals surface area contributed by atoms with Gasteiger partial charge in [-0.15, -0.1) is 0 Å². The number of anilines is 1. The molecule has 1 fully saturated rings. The van der Waals surface area contributed by atoms with E-state index in [-0.39, 0.29) is 35.8 Å². The fourth-order valence-electron chi connectivity index (χ4n) is 3.29. The topological polar surface area (TPSA) is 84.1 Å². The van der Waals surface area contributed by atoms with Crippen LogP contribution < -0.4 is 4.90 Å². The van der Waals surface area contributed by atoms with E-state index < -0.39 is 29.0 Å². The summed E-state index contributed by atoms with van der Waals surface area (Å²) < 4.78 is 41.4. The van der Waals surface area contributed by atoms with Gasteiger partial charge in [0, 0.05) is 19.4 Å². The van der Waals surface area contributed by atoms with Gasteiger partial charge in [-0.25, -0.2) is 17.9 Å². The lowest BCUT2D eigenvalue weighted by atomic mass is 9.93. The van der Waals surface area contributed by atoms with Gasteiger partial charge in [0.1, 0.15) is 11.3 Å². The molecule has 11 heteroatoms. The minimum Gasteiger partial charge on any atom is -0.380 e. The van der Waals surface area contributed by atoms with Crippen molar-refractivity contribution in [3.63, 3.8) is 0 Å². The van der Waals surface area contributed by atoms with E-state index in [4.69, 9.17) is 11.6 Å². The summed E-state index contributed by atoms with van der Waals surface area (Å²) in [4.78, 5) is 14.1. The SMILES string of the molecule is O=C1N(c2cnn(-c3ccnnc3)c2Cl)CCC1(O)Cc1cc(F)c(F)c(F)c1. The number of amides is 1. The maximum atomic E-state index is 13.5. The molecular formula is C18H13ClF3N5O2. The second-order valence-electron chi connectivity index (χ2n) is 6.62. The Kier molecular flexibility index (Phi) is 4.75. The first kappa shape index (κ1) is 19.3. The minimum atomic E-state index is -1.92. The first-order valence-corrected chi connectivity index (χ1v) is 8.86. The van der Waals surface area contributed by atoms with Gasteiger partial charge in [0.2, 0.25) is 0 Å². The molecule has 1 N–H and O–H groups in total. The zero-order chi connectivity index (χ0) is 20.8. The van der Waals surface area contributed by atoms with E-state index in [9.17, 15) is 23.1 Å². The zero-order valence-electron chi connectivity index (χ0n) is 14.7. The van der Waals surface area contributed by atoms with Crippen molar-refractivity contribution < 1.29 is 23.1 Å². The Balaban J connectivity index is 1.60. The van der Waals surface area contributed by atoms with Crippen molar-refractivity contribution in [3.05, 3.63) is 65.0 Å². The molecule has 0 bridgehead atoms. The summed E-state index contributed by atoms with van der Waals surface area (Å²) >= 11 is 6.35. The highest BCUT2D eigenvalue weighted by Gasteiger charge is 2.46. The minimum absolute atomic E-state index is 0.00916. The Hall–Kier alpha value is -2.98. The van der Waals surface area contributed by atoms with Crippen molar-refractivity contribution in [1.82, 2.24) is 20.0 Å². The molecule has 1 aromatic carbocycles. The predicted octanol–water partition coefficient (Wildman–Crippen LogP) is 2.44. The van der Waals surface area contributed by atoms with Gasteiger partial charge in [0.25, 0.3) is 5.91 Å². The molecule has 0 radical (unpaired) electrons. The van der Waals surface area contributed by atoms with E-state index in [1.165, 1.54) is 28.2 Å². The summed E-state index contributed by atoms with van der Waals surface area (Å²) in [6.45, 7) is 0.113. The smallest absolute Gasteiger partial charge is 0.259 e. The lowest BCUT2D eigenvalue weighted by Crippen LogP contribution is -2.42. The summed E-state index contributed by atoms with van der Waals surface area (Å²) in [6.07, 6.45) is 3.86. The van der Waals surface area contributed by atoms with Gasteiger partial charge in [0.15, 0.2) is 22.6 Å². The lowest BCUT2D eigenvalue weighted by Gasteiger charge is -2.22. The van der Waals surface area contributed by atoms with E-state index in [2.05, 4.69) is 15.3 Å². The van der Waals surface area contributed by atoms with Crippen LogP contribution in [0.3, 0.4) is 0 Å². The summed E-state index contributed by atoms with van der Waals surface area (Å²) in [7, 11) is 0. The molecule has 1 aliphatic heterocycles. The Morgan fingerprint density at radius 1 is 1.17 bits per heavy atom. The molecule has 0 spiro atoms. The maximum absolute atomic E-state index is 13.5. The van der Waals surface area contributed by atoms with E-state index in [0.29, 0.717) is 5.69 Å². The van der Waals surface area contributed by atoms with Crippen LogP contribution in [-0.4, -0.2) is 43.1 Å². The van der Waals surface area contributed by atoms with Gasteiger partial charge in [0.05, 0.1) is 24.3 Å². The molecule has 29 heavy (non-hydrogen) atoms. The average molecular weight is 424 g/mol. The van der Waals surface area contributed by atoms with E-state index >= 15 is 0 Å². The summed E-state index contributed by atoms with van der Waals surface area (Å²) in [5.41, 5.74) is -1.17. The normalized spacial score (nSPS) is 19.2. The first-order valence-electron chi connectivity index (χ1n) is 8.48. The van der Waals surface area contributed by atoms with Crippen LogP contribution in [0, 0.1) is 17.5 Å². The molecule has 3 aromatic rings. The molecule has 1 aliphatic rings. The van der Waals surface area contributed by atoms with E-state index in [1.54, 1.807) is 6.07 Å². The number of carbonyl (C=O) groups is 1. The van der Waals surface area contributed by atoms with Gasteiger partial charge in [-0.1, -0.05) is 11.6 Å². The number of hydrogen-bond donors (Lipinski definition) is 1. The van der Waals surface area contributed by atoms with Crippen molar-refractivity contribution in [3.8, 4) is 5.69 Å². The molecule has 0 saturated carbocycles. The number of halogens is 4. The maximum Gasteiger partial charge on any atom is 0.259 e. The molecular weight excluding hydrogens is 411 g/mol. The molecule has 1 atom stereocenters. The third-order valence-corrected chi connectivity index (χ3v) is 5.08. The molecule has 1 amide bonds.